The molecule has 2 heterocycles. The van der Waals surface area contributed by atoms with Crippen LogP contribution in [0.5, 0.6) is 0 Å². The van der Waals surface area contributed by atoms with Gasteiger partial charge in [-0.25, -0.2) is 9.67 Å². The summed E-state index contributed by atoms with van der Waals surface area (Å²) >= 11 is 5.37. The minimum Gasteiger partial charge on any atom is -0.274 e. The van der Waals surface area contributed by atoms with E-state index in [4.69, 9.17) is 11.6 Å². The molecule has 0 saturated carbocycles. The largest absolute Gasteiger partial charge is 0.274 e. The van der Waals surface area contributed by atoms with Crippen molar-refractivity contribution in [3.8, 4) is 5.82 Å². The maximum absolute atomic E-state index is 11.0. The Hall–Kier alpha value is -1.68. The summed E-state index contributed by atoms with van der Waals surface area (Å²) in [6, 6.07) is 6.89. The van der Waals surface area contributed by atoms with E-state index in [1.807, 2.05) is 6.07 Å². The van der Waals surface area contributed by atoms with Gasteiger partial charge in [0.15, 0.2) is 5.82 Å². The van der Waals surface area contributed by atoms with Crippen LogP contribution in [0, 0.1) is 0 Å². The molecule has 0 unspecified atom stereocenters. The summed E-state index contributed by atoms with van der Waals surface area (Å²) in [6.07, 6.45) is 3.13. The minimum atomic E-state index is -0.548. The maximum Gasteiger partial charge on any atom is 0.271 e. The molecule has 0 aromatic carbocycles. The molecule has 0 radical (unpaired) electrons. The molecule has 2 aromatic heterocycles. The molecule has 0 amide bonds. The predicted molar refractivity (Wildman–Crippen MR) is 51.5 cm³/mol. The van der Waals surface area contributed by atoms with Crippen molar-refractivity contribution in [2.24, 2.45) is 0 Å². The number of halogens is 1. The predicted octanol–water partition coefficient (Wildman–Crippen LogP) is 1.65. The Balaban J connectivity index is 2.52. The van der Waals surface area contributed by atoms with Gasteiger partial charge in [-0.2, -0.15) is 5.10 Å². The molecule has 14 heavy (non-hydrogen) atoms. The first kappa shape index (κ1) is 8.90. The van der Waals surface area contributed by atoms with E-state index in [-0.39, 0.29) is 0 Å². The van der Waals surface area contributed by atoms with Crippen LogP contribution in [-0.2, 0) is 0 Å². The van der Waals surface area contributed by atoms with Crippen molar-refractivity contribution in [3.05, 3.63) is 42.4 Å². The standard InChI is InChI=1S/C9H6ClN3O/c10-9(14)7-4-6-12-13(7)8-3-1-2-5-11-8/h1-6H. The number of pyridine rings is 1. The van der Waals surface area contributed by atoms with Gasteiger partial charge in [0, 0.05) is 6.20 Å². The Morgan fingerprint density at radius 1 is 1.29 bits per heavy atom. The Kier molecular flexibility index (Phi) is 2.28. The van der Waals surface area contributed by atoms with Crippen LogP contribution in [-0.4, -0.2) is 20.0 Å². The van der Waals surface area contributed by atoms with Crippen LogP contribution in [0.25, 0.3) is 5.82 Å². The Labute approximate surface area is 85.1 Å². The quantitative estimate of drug-likeness (QED) is 0.704. The summed E-state index contributed by atoms with van der Waals surface area (Å²) in [5.74, 6) is 0.571. The normalized spacial score (nSPS) is 10.1. The highest BCUT2D eigenvalue weighted by molar-refractivity contribution is 6.67. The number of rotatable bonds is 2. The van der Waals surface area contributed by atoms with Gasteiger partial charge in [-0.3, -0.25) is 4.79 Å². The molecule has 0 saturated heterocycles. The van der Waals surface area contributed by atoms with E-state index in [2.05, 4.69) is 10.1 Å². The fourth-order valence-electron chi connectivity index (χ4n) is 1.11. The van der Waals surface area contributed by atoms with Crippen molar-refractivity contribution in [3.63, 3.8) is 0 Å². The molecule has 5 heteroatoms. The van der Waals surface area contributed by atoms with Crippen LogP contribution >= 0.6 is 11.6 Å². The molecule has 0 fully saturated rings. The average Bonchev–Trinajstić information content (AvgIpc) is 2.67. The molecule has 0 N–H and O–H groups in total. The van der Waals surface area contributed by atoms with Crippen LogP contribution in [0.15, 0.2) is 36.7 Å². The zero-order valence-corrected chi connectivity index (χ0v) is 7.85. The molecule has 0 aliphatic carbocycles. The highest BCUT2D eigenvalue weighted by Crippen LogP contribution is 2.09. The highest BCUT2D eigenvalue weighted by atomic mass is 35.5. The van der Waals surface area contributed by atoms with Crippen molar-refractivity contribution in [1.82, 2.24) is 14.8 Å². The lowest BCUT2D eigenvalue weighted by Crippen LogP contribution is -2.05. The third-order valence-electron chi connectivity index (χ3n) is 1.71. The van der Waals surface area contributed by atoms with Gasteiger partial charge in [-0.15, -0.1) is 0 Å². The molecule has 2 rings (SSSR count). The van der Waals surface area contributed by atoms with Gasteiger partial charge in [0.05, 0.1) is 6.20 Å². The minimum absolute atomic E-state index is 0.311. The van der Waals surface area contributed by atoms with E-state index >= 15 is 0 Å². The monoisotopic (exact) mass is 207 g/mol. The molecular weight excluding hydrogens is 202 g/mol. The number of hydrogen-bond acceptors (Lipinski definition) is 3. The first-order valence-corrected chi connectivity index (χ1v) is 4.32. The SMILES string of the molecule is O=C(Cl)c1ccnn1-c1ccccn1. The number of carbonyl (C=O) groups excluding carboxylic acids is 1. The topological polar surface area (TPSA) is 47.8 Å². The van der Waals surface area contributed by atoms with Crippen molar-refractivity contribution < 1.29 is 4.79 Å². The van der Waals surface area contributed by atoms with Crippen LogP contribution in [0.1, 0.15) is 10.5 Å². The molecule has 70 valence electrons. The van der Waals surface area contributed by atoms with Crippen LogP contribution in [0.3, 0.4) is 0 Å². The van der Waals surface area contributed by atoms with Gasteiger partial charge in [-0.1, -0.05) is 6.07 Å². The van der Waals surface area contributed by atoms with Crippen LogP contribution in [0.4, 0.5) is 0 Å². The zero-order valence-electron chi connectivity index (χ0n) is 7.09. The van der Waals surface area contributed by atoms with Crippen molar-refractivity contribution in [2.45, 2.75) is 0 Å². The summed E-state index contributed by atoms with van der Waals surface area (Å²) in [4.78, 5) is 15.0. The molecule has 0 bridgehead atoms. The lowest BCUT2D eigenvalue weighted by Gasteiger charge is -2.01. The highest BCUT2D eigenvalue weighted by Gasteiger charge is 2.10. The fourth-order valence-corrected chi connectivity index (χ4v) is 1.26. The molecule has 2 aromatic rings. The maximum atomic E-state index is 11.0. The van der Waals surface area contributed by atoms with Gasteiger partial charge < -0.3 is 0 Å². The van der Waals surface area contributed by atoms with Gasteiger partial charge in [0.2, 0.25) is 0 Å². The summed E-state index contributed by atoms with van der Waals surface area (Å²) in [5.41, 5.74) is 0.311. The van der Waals surface area contributed by atoms with E-state index in [9.17, 15) is 4.79 Å². The van der Waals surface area contributed by atoms with E-state index in [1.54, 1.807) is 24.4 Å². The second kappa shape index (κ2) is 3.59. The molecule has 0 aliphatic heterocycles. The number of aromatic nitrogens is 3. The first-order valence-electron chi connectivity index (χ1n) is 3.94. The van der Waals surface area contributed by atoms with Crippen molar-refractivity contribution in [1.29, 1.82) is 0 Å². The third kappa shape index (κ3) is 1.52. The molecule has 0 spiro atoms. The van der Waals surface area contributed by atoms with E-state index in [1.165, 1.54) is 10.9 Å². The van der Waals surface area contributed by atoms with Crippen LogP contribution < -0.4 is 0 Å². The molecule has 0 aliphatic rings. The summed E-state index contributed by atoms with van der Waals surface area (Å²) < 4.78 is 1.40. The lowest BCUT2D eigenvalue weighted by molar-refractivity contribution is 0.107. The number of nitrogens with zero attached hydrogens (tertiary/aromatic N) is 3. The van der Waals surface area contributed by atoms with Crippen LogP contribution in [0.2, 0.25) is 0 Å². The Morgan fingerprint density at radius 3 is 2.79 bits per heavy atom. The summed E-state index contributed by atoms with van der Waals surface area (Å²) in [7, 11) is 0. The first-order chi connectivity index (χ1) is 6.79. The smallest absolute Gasteiger partial charge is 0.271 e. The molecule has 0 atom stereocenters. The molecular formula is C9H6ClN3O. The summed E-state index contributed by atoms with van der Waals surface area (Å²) in [6.45, 7) is 0. The van der Waals surface area contributed by atoms with Gasteiger partial charge in [0.1, 0.15) is 5.69 Å². The van der Waals surface area contributed by atoms with E-state index in [0.29, 0.717) is 11.5 Å². The lowest BCUT2D eigenvalue weighted by atomic mass is 10.4. The van der Waals surface area contributed by atoms with Gasteiger partial charge >= 0.3 is 0 Å². The molecule has 4 nitrogen and oxygen atoms in total. The number of carbonyl (C=O) groups is 1. The Bertz CT molecular complexity index is 452. The second-order valence-electron chi connectivity index (χ2n) is 2.59. The number of hydrogen-bond donors (Lipinski definition) is 0. The van der Waals surface area contributed by atoms with Crippen molar-refractivity contribution >= 4 is 16.8 Å². The summed E-state index contributed by atoms with van der Waals surface area (Å²) in [5, 5.41) is 3.41. The van der Waals surface area contributed by atoms with E-state index in [0.717, 1.165) is 0 Å². The third-order valence-corrected chi connectivity index (χ3v) is 1.90. The average molecular weight is 208 g/mol. The Morgan fingerprint density at radius 2 is 2.14 bits per heavy atom. The second-order valence-corrected chi connectivity index (χ2v) is 2.93. The van der Waals surface area contributed by atoms with Crippen molar-refractivity contribution in [2.75, 3.05) is 0 Å². The fraction of sp³-hybridized carbons (Fsp3) is 0. The zero-order chi connectivity index (χ0) is 9.97. The van der Waals surface area contributed by atoms with Gasteiger partial charge in [0.25, 0.3) is 5.24 Å². The van der Waals surface area contributed by atoms with Gasteiger partial charge in [-0.05, 0) is 29.8 Å². The van der Waals surface area contributed by atoms with E-state index < -0.39 is 5.24 Å².